The third-order valence-electron chi connectivity index (χ3n) is 1.18. The van der Waals surface area contributed by atoms with E-state index in [1.165, 1.54) is 0 Å². The molecule has 1 aromatic heterocycles. The van der Waals surface area contributed by atoms with Crippen molar-refractivity contribution in [2.75, 3.05) is 7.11 Å². The zero-order valence-electron chi connectivity index (χ0n) is 6.29. The molecule has 1 aromatic rings. The molecule has 0 aliphatic carbocycles. The molecule has 0 atom stereocenters. The SMILES string of the molecule is [CH2]C#Cc1cncc(OC)c1. The van der Waals surface area contributed by atoms with E-state index in [1.807, 2.05) is 6.07 Å². The van der Waals surface area contributed by atoms with Crippen LogP contribution in [0.1, 0.15) is 5.56 Å². The summed E-state index contributed by atoms with van der Waals surface area (Å²) in [6, 6.07) is 1.81. The third kappa shape index (κ3) is 1.98. The number of hydrogen-bond donors (Lipinski definition) is 0. The lowest BCUT2D eigenvalue weighted by atomic mass is 10.3. The Bertz CT molecular complexity index is 296. The first kappa shape index (κ1) is 7.62. The van der Waals surface area contributed by atoms with Gasteiger partial charge in [-0.05, 0) is 6.07 Å². The van der Waals surface area contributed by atoms with Gasteiger partial charge < -0.3 is 4.74 Å². The molecule has 1 heterocycles. The lowest BCUT2D eigenvalue weighted by Gasteiger charge is -1.96. The Kier molecular flexibility index (Phi) is 2.51. The van der Waals surface area contributed by atoms with Crippen molar-refractivity contribution in [3.05, 3.63) is 30.9 Å². The van der Waals surface area contributed by atoms with Gasteiger partial charge in [0.15, 0.2) is 0 Å². The van der Waals surface area contributed by atoms with Crippen molar-refractivity contribution in [3.63, 3.8) is 0 Å². The van der Waals surface area contributed by atoms with Crippen LogP contribution in [0.2, 0.25) is 0 Å². The molecule has 0 saturated carbocycles. The normalized spacial score (nSPS) is 8.18. The second-order valence-corrected chi connectivity index (χ2v) is 1.92. The van der Waals surface area contributed by atoms with Crippen molar-refractivity contribution in [1.29, 1.82) is 0 Å². The largest absolute Gasteiger partial charge is 0.495 e. The molecule has 0 bridgehead atoms. The first-order valence-electron chi connectivity index (χ1n) is 3.14. The van der Waals surface area contributed by atoms with Gasteiger partial charge in [0.05, 0.1) is 13.3 Å². The van der Waals surface area contributed by atoms with Crippen LogP contribution < -0.4 is 4.74 Å². The fourth-order valence-electron chi connectivity index (χ4n) is 0.701. The topological polar surface area (TPSA) is 22.1 Å². The van der Waals surface area contributed by atoms with Gasteiger partial charge >= 0.3 is 0 Å². The van der Waals surface area contributed by atoms with E-state index in [2.05, 4.69) is 23.7 Å². The van der Waals surface area contributed by atoms with Crippen molar-refractivity contribution in [2.45, 2.75) is 0 Å². The molecule has 0 saturated heterocycles. The van der Waals surface area contributed by atoms with Gasteiger partial charge in [0.2, 0.25) is 0 Å². The fourth-order valence-corrected chi connectivity index (χ4v) is 0.701. The minimum Gasteiger partial charge on any atom is -0.495 e. The monoisotopic (exact) mass is 146 g/mol. The van der Waals surface area contributed by atoms with Crippen LogP contribution in [-0.4, -0.2) is 12.1 Å². The van der Waals surface area contributed by atoms with Gasteiger partial charge in [-0.2, -0.15) is 0 Å². The minimum absolute atomic E-state index is 0.713. The van der Waals surface area contributed by atoms with Crippen LogP contribution in [0.4, 0.5) is 0 Å². The second-order valence-electron chi connectivity index (χ2n) is 1.92. The lowest BCUT2D eigenvalue weighted by molar-refractivity contribution is 0.413. The molecule has 55 valence electrons. The molecule has 2 nitrogen and oxygen atoms in total. The van der Waals surface area contributed by atoms with Gasteiger partial charge in [-0.25, -0.2) is 0 Å². The van der Waals surface area contributed by atoms with Crippen molar-refractivity contribution >= 4 is 0 Å². The summed E-state index contributed by atoms with van der Waals surface area (Å²) >= 11 is 0. The average Bonchev–Trinajstić information content (AvgIpc) is 2.06. The van der Waals surface area contributed by atoms with Gasteiger partial charge in [0, 0.05) is 18.7 Å². The van der Waals surface area contributed by atoms with Gasteiger partial charge in [-0.3, -0.25) is 4.98 Å². The second kappa shape index (κ2) is 3.62. The Labute approximate surface area is 66.2 Å². The van der Waals surface area contributed by atoms with Gasteiger partial charge in [0.1, 0.15) is 5.75 Å². The van der Waals surface area contributed by atoms with E-state index in [9.17, 15) is 0 Å². The number of aromatic nitrogens is 1. The minimum atomic E-state index is 0.713. The highest BCUT2D eigenvalue weighted by Crippen LogP contribution is 2.08. The van der Waals surface area contributed by atoms with E-state index >= 15 is 0 Å². The van der Waals surface area contributed by atoms with Crippen molar-refractivity contribution < 1.29 is 4.74 Å². The van der Waals surface area contributed by atoms with E-state index < -0.39 is 0 Å². The Hall–Kier alpha value is -1.49. The maximum Gasteiger partial charge on any atom is 0.138 e. The summed E-state index contributed by atoms with van der Waals surface area (Å²) < 4.78 is 4.95. The molecule has 0 N–H and O–H groups in total. The Morgan fingerprint density at radius 3 is 3.00 bits per heavy atom. The third-order valence-corrected chi connectivity index (χ3v) is 1.18. The number of pyridine rings is 1. The van der Waals surface area contributed by atoms with E-state index in [-0.39, 0.29) is 0 Å². The number of nitrogens with zero attached hydrogens (tertiary/aromatic N) is 1. The van der Waals surface area contributed by atoms with E-state index in [1.54, 1.807) is 19.5 Å². The maximum absolute atomic E-state index is 4.95. The first-order valence-corrected chi connectivity index (χ1v) is 3.14. The van der Waals surface area contributed by atoms with Gasteiger partial charge in [0.25, 0.3) is 0 Å². The van der Waals surface area contributed by atoms with Crippen LogP contribution in [0.25, 0.3) is 0 Å². The van der Waals surface area contributed by atoms with Crippen LogP contribution in [0.15, 0.2) is 18.5 Å². The molecule has 1 radical (unpaired) electrons. The highest BCUT2D eigenvalue weighted by molar-refractivity contribution is 5.36. The Morgan fingerprint density at radius 1 is 1.55 bits per heavy atom. The van der Waals surface area contributed by atoms with Crippen LogP contribution in [0.3, 0.4) is 0 Å². The molecular formula is C9H8NO. The summed E-state index contributed by atoms with van der Waals surface area (Å²) in [6.07, 6.45) is 3.30. The highest BCUT2D eigenvalue weighted by Gasteiger charge is 1.90. The lowest BCUT2D eigenvalue weighted by Crippen LogP contribution is -1.85. The fraction of sp³-hybridized carbons (Fsp3) is 0.111. The summed E-state index contributed by atoms with van der Waals surface area (Å²) in [5, 5.41) is 0. The van der Waals surface area contributed by atoms with Crippen LogP contribution >= 0.6 is 0 Å². The average molecular weight is 146 g/mol. The molecule has 0 aliphatic rings. The summed E-state index contributed by atoms with van der Waals surface area (Å²) in [5.41, 5.74) is 0.819. The van der Waals surface area contributed by atoms with Crippen molar-refractivity contribution in [3.8, 4) is 17.6 Å². The molecule has 0 aliphatic heterocycles. The molecule has 0 unspecified atom stereocenters. The number of rotatable bonds is 1. The zero-order chi connectivity index (χ0) is 8.10. The molecule has 0 spiro atoms. The molecule has 0 amide bonds. The van der Waals surface area contributed by atoms with E-state index in [0.717, 1.165) is 5.56 Å². The Morgan fingerprint density at radius 2 is 2.36 bits per heavy atom. The molecular weight excluding hydrogens is 138 g/mol. The molecule has 0 aromatic carbocycles. The smallest absolute Gasteiger partial charge is 0.138 e. The summed E-state index contributed by atoms with van der Waals surface area (Å²) in [6.45, 7) is 3.41. The predicted molar refractivity (Wildman–Crippen MR) is 43.0 cm³/mol. The van der Waals surface area contributed by atoms with Crippen molar-refractivity contribution in [1.82, 2.24) is 4.98 Å². The number of ether oxygens (including phenoxy) is 1. The van der Waals surface area contributed by atoms with Crippen LogP contribution in [0, 0.1) is 18.8 Å². The first-order chi connectivity index (χ1) is 5.36. The van der Waals surface area contributed by atoms with Gasteiger partial charge in [-0.1, -0.05) is 11.8 Å². The van der Waals surface area contributed by atoms with Crippen molar-refractivity contribution in [2.24, 2.45) is 0 Å². The summed E-state index contributed by atoms with van der Waals surface area (Å²) in [5.74, 6) is 6.03. The maximum atomic E-state index is 4.95. The molecule has 0 fully saturated rings. The molecule has 1 rings (SSSR count). The zero-order valence-corrected chi connectivity index (χ0v) is 6.29. The molecule has 11 heavy (non-hydrogen) atoms. The summed E-state index contributed by atoms with van der Waals surface area (Å²) in [4.78, 5) is 3.92. The van der Waals surface area contributed by atoms with Crippen LogP contribution in [0.5, 0.6) is 5.75 Å². The van der Waals surface area contributed by atoms with E-state index in [0.29, 0.717) is 5.75 Å². The summed E-state index contributed by atoms with van der Waals surface area (Å²) in [7, 11) is 1.60. The Balaban J connectivity index is 2.97. The number of methoxy groups -OCH3 is 1. The quantitative estimate of drug-likeness (QED) is 0.557. The van der Waals surface area contributed by atoms with Gasteiger partial charge in [-0.15, -0.1) is 0 Å². The van der Waals surface area contributed by atoms with Crippen LogP contribution in [-0.2, 0) is 0 Å². The molecule has 2 heteroatoms. The predicted octanol–water partition coefficient (Wildman–Crippen LogP) is 1.28. The number of hydrogen-bond acceptors (Lipinski definition) is 2. The highest BCUT2D eigenvalue weighted by atomic mass is 16.5. The van der Waals surface area contributed by atoms with E-state index in [4.69, 9.17) is 4.74 Å². The standard InChI is InChI=1S/C9H8NO/c1-3-4-8-5-9(11-2)7-10-6-8/h5-7H,1H2,2H3.